The highest BCUT2D eigenvalue weighted by Crippen LogP contribution is 2.47. The standard InChI is InChI=1S/C14H18Cl2O2/c1-17-11-8-7-10(14(18-2)13(11)16)12(15)9-5-3-4-6-9/h7-9,12H,3-6H2,1-2H3. The molecule has 18 heavy (non-hydrogen) atoms. The minimum absolute atomic E-state index is 0.0362. The molecule has 1 aromatic rings. The van der Waals surface area contributed by atoms with Gasteiger partial charge in [0.25, 0.3) is 0 Å². The molecule has 1 unspecified atom stereocenters. The van der Waals surface area contributed by atoms with Gasteiger partial charge in [0.05, 0.1) is 19.6 Å². The normalized spacial score (nSPS) is 17.8. The molecule has 0 spiro atoms. The summed E-state index contributed by atoms with van der Waals surface area (Å²) in [6.07, 6.45) is 4.89. The first kappa shape index (κ1) is 13.8. The quantitative estimate of drug-likeness (QED) is 0.739. The van der Waals surface area contributed by atoms with Crippen LogP contribution in [0.1, 0.15) is 36.6 Å². The summed E-state index contributed by atoms with van der Waals surface area (Å²) in [6.45, 7) is 0. The second-order valence-electron chi connectivity index (χ2n) is 4.65. The topological polar surface area (TPSA) is 18.5 Å². The van der Waals surface area contributed by atoms with Crippen molar-refractivity contribution in [3.05, 3.63) is 22.7 Å². The van der Waals surface area contributed by atoms with E-state index in [1.54, 1.807) is 14.2 Å². The highest BCUT2D eigenvalue weighted by molar-refractivity contribution is 6.34. The molecule has 1 aliphatic carbocycles. The molecule has 1 fully saturated rings. The van der Waals surface area contributed by atoms with Gasteiger partial charge in [-0.15, -0.1) is 11.6 Å². The molecular weight excluding hydrogens is 271 g/mol. The maximum absolute atomic E-state index is 6.58. The van der Waals surface area contributed by atoms with Gasteiger partial charge in [0.1, 0.15) is 16.5 Å². The number of methoxy groups -OCH3 is 2. The van der Waals surface area contributed by atoms with Gasteiger partial charge in [-0.1, -0.05) is 30.5 Å². The van der Waals surface area contributed by atoms with E-state index in [0.717, 1.165) is 5.56 Å². The van der Waals surface area contributed by atoms with Gasteiger partial charge in [-0.2, -0.15) is 0 Å². The molecule has 4 heteroatoms. The zero-order valence-corrected chi connectivity index (χ0v) is 12.2. The minimum atomic E-state index is -0.0362. The van der Waals surface area contributed by atoms with Gasteiger partial charge in [0.2, 0.25) is 0 Å². The first-order valence-electron chi connectivity index (χ1n) is 6.23. The molecule has 1 aromatic carbocycles. The third-order valence-corrected chi connectivity index (χ3v) is 4.58. The Labute approximate surface area is 118 Å². The average Bonchev–Trinajstić information content (AvgIpc) is 2.91. The van der Waals surface area contributed by atoms with E-state index < -0.39 is 0 Å². The number of alkyl halides is 1. The molecule has 1 aliphatic rings. The lowest BCUT2D eigenvalue weighted by molar-refractivity contribution is 0.387. The van der Waals surface area contributed by atoms with Crippen molar-refractivity contribution < 1.29 is 9.47 Å². The second kappa shape index (κ2) is 6.03. The van der Waals surface area contributed by atoms with Gasteiger partial charge in [0.15, 0.2) is 0 Å². The molecule has 2 nitrogen and oxygen atoms in total. The number of hydrogen-bond donors (Lipinski definition) is 0. The van der Waals surface area contributed by atoms with Crippen molar-refractivity contribution >= 4 is 23.2 Å². The number of ether oxygens (including phenoxy) is 2. The fourth-order valence-electron chi connectivity index (χ4n) is 2.64. The van der Waals surface area contributed by atoms with Crippen molar-refractivity contribution in [2.45, 2.75) is 31.1 Å². The van der Waals surface area contributed by atoms with Crippen LogP contribution >= 0.6 is 23.2 Å². The molecule has 1 saturated carbocycles. The molecule has 0 amide bonds. The molecule has 0 saturated heterocycles. The Morgan fingerprint density at radius 2 is 1.83 bits per heavy atom. The summed E-state index contributed by atoms with van der Waals surface area (Å²) in [5, 5.41) is 0.465. The van der Waals surface area contributed by atoms with Crippen LogP contribution in [0.4, 0.5) is 0 Å². The largest absolute Gasteiger partial charge is 0.495 e. The Balaban J connectivity index is 2.34. The molecule has 2 rings (SSSR count). The van der Waals surface area contributed by atoms with E-state index in [-0.39, 0.29) is 5.38 Å². The Morgan fingerprint density at radius 1 is 1.17 bits per heavy atom. The van der Waals surface area contributed by atoms with E-state index in [1.807, 2.05) is 12.1 Å². The Kier molecular flexibility index (Phi) is 4.63. The van der Waals surface area contributed by atoms with E-state index in [2.05, 4.69) is 0 Å². The summed E-state index contributed by atoms with van der Waals surface area (Å²) in [5.74, 6) is 1.78. The molecule has 0 aliphatic heterocycles. The van der Waals surface area contributed by atoms with Gasteiger partial charge in [-0.05, 0) is 24.8 Å². The van der Waals surface area contributed by atoms with E-state index in [0.29, 0.717) is 22.4 Å². The van der Waals surface area contributed by atoms with Crippen LogP contribution in [0, 0.1) is 5.92 Å². The van der Waals surface area contributed by atoms with E-state index in [4.69, 9.17) is 32.7 Å². The molecule has 1 atom stereocenters. The summed E-state index contributed by atoms with van der Waals surface area (Å²) in [7, 11) is 3.21. The molecule has 0 bridgehead atoms. The first-order valence-corrected chi connectivity index (χ1v) is 7.05. The highest BCUT2D eigenvalue weighted by Gasteiger charge is 2.28. The molecule has 0 heterocycles. The Hall–Kier alpha value is -0.600. The highest BCUT2D eigenvalue weighted by atomic mass is 35.5. The van der Waals surface area contributed by atoms with Crippen LogP contribution in [0.15, 0.2) is 12.1 Å². The van der Waals surface area contributed by atoms with Gasteiger partial charge in [0, 0.05) is 5.56 Å². The summed E-state index contributed by atoms with van der Waals surface area (Å²) >= 11 is 12.8. The van der Waals surface area contributed by atoms with Crippen molar-refractivity contribution in [2.24, 2.45) is 5.92 Å². The van der Waals surface area contributed by atoms with Crippen LogP contribution in [-0.2, 0) is 0 Å². The van der Waals surface area contributed by atoms with Crippen molar-refractivity contribution in [1.29, 1.82) is 0 Å². The third kappa shape index (κ3) is 2.55. The van der Waals surface area contributed by atoms with E-state index in [9.17, 15) is 0 Å². The van der Waals surface area contributed by atoms with Crippen LogP contribution in [0.2, 0.25) is 5.02 Å². The molecule has 100 valence electrons. The van der Waals surface area contributed by atoms with Crippen molar-refractivity contribution in [3.63, 3.8) is 0 Å². The zero-order valence-electron chi connectivity index (χ0n) is 10.7. The van der Waals surface area contributed by atoms with Gasteiger partial charge >= 0.3 is 0 Å². The Morgan fingerprint density at radius 3 is 2.39 bits per heavy atom. The zero-order chi connectivity index (χ0) is 13.1. The predicted octanol–water partition coefficient (Wildman–Crippen LogP) is 4.83. The minimum Gasteiger partial charge on any atom is -0.495 e. The molecule has 0 N–H and O–H groups in total. The van der Waals surface area contributed by atoms with Crippen LogP contribution in [0.5, 0.6) is 11.5 Å². The number of benzene rings is 1. The van der Waals surface area contributed by atoms with Crippen molar-refractivity contribution in [3.8, 4) is 11.5 Å². The van der Waals surface area contributed by atoms with Crippen LogP contribution < -0.4 is 9.47 Å². The third-order valence-electron chi connectivity index (χ3n) is 3.63. The van der Waals surface area contributed by atoms with Crippen molar-refractivity contribution in [1.82, 2.24) is 0 Å². The fraction of sp³-hybridized carbons (Fsp3) is 0.571. The number of rotatable bonds is 4. The lowest BCUT2D eigenvalue weighted by Crippen LogP contribution is -2.06. The van der Waals surface area contributed by atoms with Crippen LogP contribution in [0.25, 0.3) is 0 Å². The van der Waals surface area contributed by atoms with E-state index >= 15 is 0 Å². The number of halogens is 2. The molecule has 0 radical (unpaired) electrons. The lowest BCUT2D eigenvalue weighted by Gasteiger charge is -2.21. The fourth-order valence-corrected chi connectivity index (χ4v) is 3.39. The number of hydrogen-bond acceptors (Lipinski definition) is 2. The monoisotopic (exact) mass is 288 g/mol. The summed E-state index contributed by atoms with van der Waals surface area (Å²) in [4.78, 5) is 0. The maximum atomic E-state index is 6.58. The summed E-state index contributed by atoms with van der Waals surface area (Å²) in [5.41, 5.74) is 0.969. The smallest absolute Gasteiger partial charge is 0.145 e. The summed E-state index contributed by atoms with van der Waals surface area (Å²) < 4.78 is 10.6. The predicted molar refractivity (Wildman–Crippen MR) is 75.1 cm³/mol. The van der Waals surface area contributed by atoms with Gasteiger partial charge in [-0.3, -0.25) is 0 Å². The molecular formula is C14H18Cl2O2. The van der Waals surface area contributed by atoms with Crippen LogP contribution in [-0.4, -0.2) is 14.2 Å². The molecule has 0 aromatic heterocycles. The SMILES string of the molecule is COc1ccc(C(Cl)C2CCCC2)c(OC)c1Cl. The lowest BCUT2D eigenvalue weighted by atomic mass is 9.96. The van der Waals surface area contributed by atoms with Crippen molar-refractivity contribution in [2.75, 3.05) is 14.2 Å². The second-order valence-corrected chi connectivity index (χ2v) is 5.50. The van der Waals surface area contributed by atoms with Gasteiger partial charge < -0.3 is 9.47 Å². The van der Waals surface area contributed by atoms with Gasteiger partial charge in [-0.25, -0.2) is 0 Å². The van der Waals surface area contributed by atoms with Crippen LogP contribution in [0.3, 0.4) is 0 Å². The average molecular weight is 289 g/mol. The summed E-state index contributed by atoms with van der Waals surface area (Å²) in [6, 6.07) is 3.81. The Bertz CT molecular complexity index is 415. The van der Waals surface area contributed by atoms with E-state index in [1.165, 1.54) is 25.7 Å². The first-order chi connectivity index (χ1) is 8.69. The maximum Gasteiger partial charge on any atom is 0.145 e.